The summed E-state index contributed by atoms with van der Waals surface area (Å²) in [7, 11) is 1.58. The number of nitrogens with zero attached hydrogens (tertiary/aromatic N) is 2. The second-order valence-electron chi connectivity index (χ2n) is 10.2. The molecule has 0 radical (unpaired) electrons. The second kappa shape index (κ2) is 10.7. The maximum absolute atomic E-state index is 14.0. The first-order chi connectivity index (χ1) is 19.7. The zero-order valence-electron chi connectivity index (χ0n) is 22.6. The van der Waals surface area contributed by atoms with Crippen LogP contribution in [0.5, 0.6) is 5.75 Å². The molecule has 0 spiro atoms. The summed E-state index contributed by atoms with van der Waals surface area (Å²) in [6, 6.07) is 22.0. The third-order valence-electron chi connectivity index (χ3n) is 7.45. The van der Waals surface area contributed by atoms with Crippen molar-refractivity contribution >= 4 is 52.2 Å². The number of imide groups is 1. The van der Waals surface area contributed by atoms with Crippen LogP contribution in [0.3, 0.4) is 0 Å². The molecule has 1 saturated heterocycles. The Morgan fingerprint density at radius 2 is 1.51 bits per heavy atom. The predicted octanol–water partition coefficient (Wildman–Crippen LogP) is 4.97. The number of thiazole rings is 1. The minimum absolute atomic E-state index is 0.206. The van der Waals surface area contributed by atoms with Gasteiger partial charge < -0.3 is 10.1 Å². The van der Waals surface area contributed by atoms with Crippen LogP contribution in [0.1, 0.15) is 27.5 Å². The highest BCUT2D eigenvalue weighted by atomic mass is 32.2. The van der Waals surface area contributed by atoms with Crippen molar-refractivity contribution in [3.63, 3.8) is 0 Å². The average Bonchev–Trinajstić information content (AvgIpc) is 3.41. The third kappa shape index (κ3) is 4.87. The summed E-state index contributed by atoms with van der Waals surface area (Å²) in [6.07, 6.45) is 0. The zero-order valence-corrected chi connectivity index (χ0v) is 24.3. The molecule has 208 valence electrons. The molecule has 1 aromatic heterocycles. The highest BCUT2D eigenvalue weighted by molar-refractivity contribution is 8.00. The van der Waals surface area contributed by atoms with Gasteiger partial charge in [0.25, 0.3) is 0 Å². The van der Waals surface area contributed by atoms with Gasteiger partial charge >= 0.3 is 4.87 Å². The smallest absolute Gasteiger partial charge is 0.308 e. The summed E-state index contributed by atoms with van der Waals surface area (Å²) >= 11 is 2.23. The van der Waals surface area contributed by atoms with Gasteiger partial charge in [0.1, 0.15) is 17.5 Å². The lowest BCUT2D eigenvalue weighted by Gasteiger charge is -2.30. The monoisotopic (exact) mass is 585 g/mol. The van der Waals surface area contributed by atoms with E-state index in [1.54, 1.807) is 43.5 Å². The second-order valence-corrected chi connectivity index (χ2v) is 12.3. The first-order valence-electron chi connectivity index (χ1n) is 13.1. The van der Waals surface area contributed by atoms with E-state index in [0.717, 1.165) is 28.0 Å². The van der Waals surface area contributed by atoms with Gasteiger partial charge in [-0.15, -0.1) is 0 Å². The molecule has 0 aliphatic carbocycles. The number of amides is 3. The van der Waals surface area contributed by atoms with Crippen molar-refractivity contribution in [3.8, 4) is 5.75 Å². The lowest BCUT2D eigenvalue weighted by Crippen LogP contribution is -2.33. The fourth-order valence-electron chi connectivity index (χ4n) is 5.36. The number of thioether (sulfide) groups is 1. The van der Waals surface area contributed by atoms with E-state index < -0.39 is 17.1 Å². The number of nitrogens with one attached hydrogen (secondary N) is 1. The molecule has 4 aromatic rings. The Bertz CT molecular complexity index is 1710. The molecule has 2 unspecified atom stereocenters. The standard InChI is InChI=1S/C31H27N3O5S2/c1-17-4-10-20(11-5-17)32-23(35)16-33-30-27(41-31(33)38)24(19-8-14-22(39-3)15-9-19)25-26(40-30)29(37)34(28(25)36)21-12-6-18(2)7-13-21/h4-15,24-26H,16H2,1-3H3,(H,32,35)/t24-,25?,26?/m1/s1. The van der Waals surface area contributed by atoms with Crippen LogP contribution in [0.4, 0.5) is 11.4 Å². The first-order valence-corrected chi connectivity index (χ1v) is 14.8. The molecule has 2 aliphatic heterocycles. The average molecular weight is 586 g/mol. The van der Waals surface area contributed by atoms with Gasteiger partial charge in [-0.05, 0) is 55.8 Å². The molecule has 1 fully saturated rings. The molecular formula is C31H27N3O5S2. The number of hydrogen-bond donors (Lipinski definition) is 1. The van der Waals surface area contributed by atoms with E-state index in [9.17, 15) is 19.2 Å². The van der Waals surface area contributed by atoms with Gasteiger partial charge in [-0.1, -0.05) is 70.6 Å². The molecular weight excluding hydrogens is 558 g/mol. The zero-order chi connectivity index (χ0) is 28.8. The minimum Gasteiger partial charge on any atom is -0.497 e. The summed E-state index contributed by atoms with van der Waals surface area (Å²) in [5, 5.41) is 2.65. The van der Waals surface area contributed by atoms with Crippen LogP contribution in [0, 0.1) is 19.8 Å². The maximum Gasteiger partial charge on any atom is 0.308 e. The van der Waals surface area contributed by atoms with Gasteiger partial charge in [0.15, 0.2) is 0 Å². The van der Waals surface area contributed by atoms with Crippen LogP contribution >= 0.6 is 23.1 Å². The fraction of sp³-hybridized carbons (Fsp3) is 0.226. The number of carbonyl (C=O) groups excluding carboxylic acids is 3. The van der Waals surface area contributed by atoms with E-state index in [4.69, 9.17) is 4.74 Å². The number of anilines is 2. The van der Waals surface area contributed by atoms with Gasteiger partial charge in [-0.25, -0.2) is 4.90 Å². The molecule has 10 heteroatoms. The maximum atomic E-state index is 14.0. The Balaban J connectivity index is 1.40. The van der Waals surface area contributed by atoms with Crippen molar-refractivity contribution in [1.82, 2.24) is 4.57 Å². The first kappa shape index (κ1) is 27.0. The van der Waals surface area contributed by atoms with Crippen molar-refractivity contribution in [3.05, 3.63) is 104 Å². The number of aryl methyl sites for hydroxylation is 2. The molecule has 2 aliphatic rings. The predicted molar refractivity (Wildman–Crippen MR) is 160 cm³/mol. The number of benzene rings is 3. The number of ether oxygens (including phenoxy) is 1. The molecule has 8 nitrogen and oxygen atoms in total. The molecule has 6 rings (SSSR count). The topological polar surface area (TPSA) is 97.7 Å². The number of carbonyl (C=O) groups is 3. The summed E-state index contributed by atoms with van der Waals surface area (Å²) < 4.78 is 6.75. The van der Waals surface area contributed by atoms with E-state index in [0.29, 0.717) is 27.0 Å². The number of hydrogen-bond acceptors (Lipinski definition) is 7. The molecule has 3 amide bonds. The van der Waals surface area contributed by atoms with Crippen molar-refractivity contribution in [2.24, 2.45) is 5.92 Å². The van der Waals surface area contributed by atoms with Crippen LogP contribution in [0.2, 0.25) is 0 Å². The van der Waals surface area contributed by atoms with E-state index >= 15 is 0 Å². The van der Waals surface area contributed by atoms with Gasteiger partial charge in [-0.3, -0.25) is 23.7 Å². The number of rotatable bonds is 6. The van der Waals surface area contributed by atoms with Crippen molar-refractivity contribution in [2.45, 2.75) is 36.6 Å². The van der Waals surface area contributed by atoms with Crippen LogP contribution in [0.15, 0.2) is 82.6 Å². The minimum atomic E-state index is -0.746. The Morgan fingerprint density at radius 1 is 0.878 bits per heavy atom. The van der Waals surface area contributed by atoms with Crippen LogP contribution < -0.4 is 19.8 Å². The number of aromatic nitrogens is 1. The third-order valence-corrected chi connectivity index (χ3v) is 10.1. The normalized spacial score (nSPS) is 19.6. The molecule has 0 bridgehead atoms. The van der Waals surface area contributed by atoms with Crippen LogP contribution in [-0.4, -0.2) is 34.6 Å². The van der Waals surface area contributed by atoms with E-state index in [1.807, 2.05) is 50.2 Å². The van der Waals surface area contributed by atoms with Gasteiger partial charge in [0, 0.05) is 16.5 Å². The quantitative estimate of drug-likeness (QED) is 0.321. The highest BCUT2D eigenvalue weighted by Gasteiger charge is 2.56. The van der Waals surface area contributed by atoms with E-state index in [-0.39, 0.29) is 29.1 Å². The SMILES string of the molecule is COc1ccc([C@H]2c3sc(=O)n(CC(=O)Nc4ccc(C)cc4)c3SC3C(=O)N(c4ccc(C)cc4)C(=O)C32)cc1. The van der Waals surface area contributed by atoms with Crippen molar-refractivity contribution < 1.29 is 19.1 Å². The van der Waals surface area contributed by atoms with E-state index in [1.165, 1.54) is 21.2 Å². The molecule has 3 heterocycles. The largest absolute Gasteiger partial charge is 0.497 e. The van der Waals surface area contributed by atoms with Gasteiger partial charge in [-0.2, -0.15) is 0 Å². The summed E-state index contributed by atoms with van der Waals surface area (Å²) in [4.78, 5) is 55.8. The Kier molecular flexibility index (Phi) is 7.04. The van der Waals surface area contributed by atoms with Gasteiger partial charge in [0.2, 0.25) is 17.7 Å². The Hall–Kier alpha value is -4.15. The number of methoxy groups -OCH3 is 1. The van der Waals surface area contributed by atoms with Crippen LogP contribution in [0.25, 0.3) is 0 Å². The molecule has 0 saturated carbocycles. The Labute approximate surface area is 245 Å². The fourth-order valence-corrected chi connectivity index (χ4v) is 8.13. The van der Waals surface area contributed by atoms with Gasteiger partial charge in [0.05, 0.1) is 23.7 Å². The molecule has 3 atom stereocenters. The van der Waals surface area contributed by atoms with Crippen LogP contribution in [-0.2, 0) is 20.9 Å². The van der Waals surface area contributed by atoms with Crippen molar-refractivity contribution in [1.29, 1.82) is 0 Å². The summed E-state index contributed by atoms with van der Waals surface area (Å²) in [5.74, 6) is -1.56. The molecule has 41 heavy (non-hydrogen) atoms. The highest BCUT2D eigenvalue weighted by Crippen LogP contribution is 2.54. The summed E-state index contributed by atoms with van der Waals surface area (Å²) in [5.41, 5.74) is 4.04. The number of fused-ring (bicyclic) bond motifs is 2. The molecule has 1 N–H and O–H groups in total. The van der Waals surface area contributed by atoms with E-state index in [2.05, 4.69) is 5.32 Å². The lowest BCUT2D eigenvalue weighted by atomic mass is 9.83. The lowest BCUT2D eigenvalue weighted by molar-refractivity contribution is -0.122. The Morgan fingerprint density at radius 3 is 2.15 bits per heavy atom. The summed E-state index contributed by atoms with van der Waals surface area (Å²) in [6.45, 7) is 3.70. The van der Waals surface area contributed by atoms with Crippen molar-refractivity contribution in [2.75, 3.05) is 17.3 Å². The molecule has 3 aromatic carbocycles.